The summed E-state index contributed by atoms with van der Waals surface area (Å²) in [5.41, 5.74) is 5.33. The molecule has 0 aliphatic carbocycles. The minimum absolute atomic E-state index is 0.0399. The highest BCUT2D eigenvalue weighted by atomic mass is 16.6. The van der Waals surface area contributed by atoms with Crippen molar-refractivity contribution in [3.05, 3.63) is 35.9 Å². The van der Waals surface area contributed by atoms with Crippen LogP contribution in [0.2, 0.25) is 0 Å². The molecule has 0 radical (unpaired) electrons. The van der Waals surface area contributed by atoms with Crippen LogP contribution in [0.5, 0.6) is 0 Å². The molecule has 0 fully saturated rings. The van der Waals surface area contributed by atoms with E-state index in [1.165, 1.54) is 4.90 Å². The Kier molecular flexibility index (Phi) is 10.2. The van der Waals surface area contributed by atoms with Crippen molar-refractivity contribution in [2.75, 3.05) is 19.6 Å². The van der Waals surface area contributed by atoms with E-state index < -0.39 is 41.1 Å². The summed E-state index contributed by atoms with van der Waals surface area (Å²) in [6.07, 6.45) is 0.283. The number of ether oxygens (including phenoxy) is 2. The third kappa shape index (κ3) is 10.1. The maximum atomic E-state index is 13.0. The number of nitrogens with zero attached hydrogens (tertiary/aromatic N) is 1. The molecular formula is C24H39N3O5. The molecule has 8 heteroatoms. The summed E-state index contributed by atoms with van der Waals surface area (Å²) in [6, 6.07) is 8.04. The highest BCUT2D eigenvalue weighted by Gasteiger charge is 2.31. The van der Waals surface area contributed by atoms with Gasteiger partial charge in [-0.25, -0.2) is 9.59 Å². The minimum Gasteiger partial charge on any atom is -0.460 e. The van der Waals surface area contributed by atoms with Gasteiger partial charge in [-0.05, 0) is 54.0 Å². The Labute approximate surface area is 191 Å². The molecule has 3 N–H and O–H groups in total. The fourth-order valence-electron chi connectivity index (χ4n) is 2.91. The first kappa shape index (κ1) is 27.4. The van der Waals surface area contributed by atoms with Crippen molar-refractivity contribution in [3.8, 4) is 0 Å². The first-order valence-corrected chi connectivity index (χ1v) is 11.0. The van der Waals surface area contributed by atoms with Crippen molar-refractivity contribution in [2.45, 2.75) is 72.1 Å². The third-order valence-electron chi connectivity index (χ3n) is 4.41. The van der Waals surface area contributed by atoms with Gasteiger partial charge >= 0.3 is 18.0 Å². The van der Waals surface area contributed by atoms with Crippen molar-refractivity contribution in [1.82, 2.24) is 10.2 Å². The van der Waals surface area contributed by atoms with Gasteiger partial charge in [-0.15, -0.1) is 0 Å². The van der Waals surface area contributed by atoms with Gasteiger partial charge in [0.1, 0.15) is 17.2 Å². The molecule has 0 unspecified atom stereocenters. The molecule has 0 saturated carbocycles. The van der Waals surface area contributed by atoms with E-state index in [9.17, 15) is 14.4 Å². The van der Waals surface area contributed by atoms with Crippen LogP contribution < -0.4 is 11.1 Å². The van der Waals surface area contributed by atoms with E-state index in [0.717, 1.165) is 5.56 Å². The number of urea groups is 1. The van der Waals surface area contributed by atoms with E-state index in [2.05, 4.69) is 5.32 Å². The first-order chi connectivity index (χ1) is 14.8. The Morgan fingerprint density at radius 2 is 1.50 bits per heavy atom. The van der Waals surface area contributed by atoms with Crippen LogP contribution in [0.1, 0.15) is 54.0 Å². The standard InChI is InChI=1S/C24H39N3O5/c1-8-27(16-18(15-25)20(28)31-23(2,3)4)22(30)26-19(21(29)32-24(5,6)7)14-17-12-10-9-11-13-17/h9-13,18-19H,8,14-16,25H2,1-7H3,(H,26,30)/t18-,19+/m1/s1. The maximum absolute atomic E-state index is 13.0. The molecule has 0 aromatic heterocycles. The minimum atomic E-state index is -0.879. The molecule has 0 aliphatic rings. The van der Waals surface area contributed by atoms with E-state index in [-0.39, 0.29) is 19.5 Å². The molecule has 0 aliphatic heterocycles. The van der Waals surface area contributed by atoms with Crippen molar-refractivity contribution in [2.24, 2.45) is 11.7 Å². The van der Waals surface area contributed by atoms with Crippen molar-refractivity contribution in [1.29, 1.82) is 0 Å². The smallest absolute Gasteiger partial charge is 0.329 e. The lowest BCUT2D eigenvalue weighted by Gasteiger charge is -2.30. The molecule has 0 heterocycles. The van der Waals surface area contributed by atoms with Gasteiger partial charge < -0.3 is 25.4 Å². The molecule has 1 aromatic rings. The summed E-state index contributed by atoms with van der Waals surface area (Å²) < 4.78 is 10.9. The summed E-state index contributed by atoms with van der Waals surface area (Å²) in [4.78, 5) is 39.7. The van der Waals surface area contributed by atoms with Crippen LogP contribution in [-0.2, 0) is 25.5 Å². The van der Waals surface area contributed by atoms with Crippen molar-refractivity contribution in [3.63, 3.8) is 0 Å². The number of carbonyl (C=O) groups is 3. The fraction of sp³-hybridized carbons (Fsp3) is 0.625. The Bertz CT molecular complexity index is 753. The largest absolute Gasteiger partial charge is 0.460 e. The normalized spacial score (nSPS) is 13.6. The zero-order valence-corrected chi connectivity index (χ0v) is 20.4. The van der Waals surface area contributed by atoms with Crippen LogP contribution in [0.3, 0.4) is 0 Å². The lowest BCUT2D eigenvalue weighted by atomic mass is 10.1. The second-order valence-corrected chi connectivity index (χ2v) is 9.73. The number of carbonyl (C=O) groups excluding carboxylic acids is 3. The number of hydrogen-bond donors (Lipinski definition) is 2. The highest BCUT2D eigenvalue weighted by molar-refractivity contribution is 5.84. The molecule has 0 bridgehead atoms. The number of amides is 2. The van der Waals surface area contributed by atoms with Gasteiger partial charge in [-0.3, -0.25) is 4.79 Å². The Morgan fingerprint density at radius 3 is 1.97 bits per heavy atom. The number of rotatable bonds is 9. The summed E-state index contributed by atoms with van der Waals surface area (Å²) in [5, 5.41) is 2.78. The molecule has 1 rings (SSSR count). The summed E-state index contributed by atoms with van der Waals surface area (Å²) >= 11 is 0. The molecule has 0 saturated heterocycles. The van der Waals surface area contributed by atoms with E-state index in [1.807, 2.05) is 30.3 Å². The number of benzene rings is 1. The third-order valence-corrected chi connectivity index (χ3v) is 4.41. The summed E-state index contributed by atoms with van der Waals surface area (Å²) in [6.45, 7) is 12.9. The number of esters is 2. The topological polar surface area (TPSA) is 111 Å². The van der Waals surface area contributed by atoms with Crippen LogP contribution in [0, 0.1) is 5.92 Å². The zero-order chi connectivity index (χ0) is 24.5. The highest BCUT2D eigenvalue weighted by Crippen LogP contribution is 2.14. The summed E-state index contributed by atoms with van der Waals surface area (Å²) in [7, 11) is 0. The Balaban J connectivity index is 2.96. The van der Waals surface area contributed by atoms with E-state index in [0.29, 0.717) is 6.54 Å². The van der Waals surface area contributed by atoms with Gasteiger partial charge in [0, 0.05) is 26.1 Å². The monoisotopic (exact) mass is 449 g/mol. The van der Waals surface area contributed by atoms with Gasteiger partial charge in [-0.2, -0.15) is 0 Å². The van der Waals surface area contributed by atoms with Gasteiger partial charge in [0.25, 0.3) is 0 Å². The second kappa shape index (κ2) is 11.9. The molecule has 180 valence electrons. The lowest BCUT2D eigenvalue weighted by molar-refractivity contribution is -0.160. The fourth-order valence-corrected chi connectivity index (χ4v) is 2.91. The van der Waals surface area contributed by atoms with Gasteiger partial charge in [0.15, 0.2) is 0 Å². The molecule has 2 amide bonds. The number of hydrogen-bond acceptors (Lipinski definition) is 6. The van der Waals surface area contributed by atoms with E-state index >= 15 is 0 Å². The first-order valence-electron chi connectivity index (χ1n) is 11.0. The number of nitrogens with two attached hydrogens (primary N) is 1. The lowest BCUT2D eigenvalue weighted by Crippen LogP contribution is -2.52. The van der Waals surface area contributed by atoms with Crippen LogP contribution >= 0.6 is 0 Å². The second-order valence-electron chi connectivity index (χ2n) is 9.73. The van der Waals surface area contributed by atoms with E-state index in [1.54, 1.807) is 48.5 Å². The predicted molar refractivity (Wildman–Crippen MR) is 124 cm³/mol. The maximum Gasteiger partial charge on any atom is 0.329 e. The molecular weight excluding hydrogens is 410 g/mol. The average molecular weight is 450 g/mol. The quantitative estimate of drug-likeness (QED) is 0.561. The number of nitrogens with one attached hydrogen (secondary N) is 1. The van der Waals surface area contributed by atoms with Gasteiger partial charge in [0.2, 0.25) is 0 Å². The Morgan fingerprint density at radius 1 is 0.969 bits per heavy atom. The molecule has 8 nitrogen and oxygen atoms in total. The Hall–Kier alpha value is -2.61. The zero-order valence-electron chi connectivity index (χ0n) is 20.4. The van der Waals surface area contributed by atoms with Crippen LogP contribution in [0.15, 0.2) is 30.3 Å². The molecule has 0 spiro atoms. The molecule has 2 atom stereocenters. The van der Waals surface area contributed by atoms with Crippen LogP contribution in [0.25, 0.3) is 0 Å². The average Bonchev–Trinajstić information content (AvgIpc) is 2.66. The van der Waals surface area contributed by atoms with Gasteiger partial charge in [-0.1, -0.05) is 30.3 Å². The van der Waals surface area contributed by atoms with Crippen molar-refractivity contribution < 1.29 is 23.9 Å². The van der Waals surface area contributed by atoms with Crippen molar-refractivity contribution >= 4 is 18.0 Å². The predicted octanol–water partition coefficient (Wildman–Crippen LogP) is 2.89. The van der Waals surface area contributed by atoms with E-state index in [4.69, 9.17) is 15.2 Å². The SMILES string of the molecule is CCN(C[C@@H](CN)C(=O)OC(C)(C)C)C(=O)N[C@@H](Cc1ccccc1)C(=O)OC(C)(C)C. The van der Waals surface area contributed by atoms with Crippen LogP contribution in [-0.4, -0.2) is 59.7 Å². The summed E-state index contributed by atoms with van der Waals surface area (Å²) in [5.74, 6) is -1.65. The van der Waals surface area contributed by atoms with Gasteiger partial charge in [0.05, 0.1) is 5.92 Å². The molecule has 1 aromatic carbocycles. The molecule has 32 heavy (non-hydrogen) atoms. The van der Waals surface area contributed by atoms with Crippen LogP contribution in [0.4, 0.5) is 4.79 Å².